The molecule has 0 saturated carbocycles. The Hall–Kier alpha value is -3.72. The van der Waals surface area contributed by atoms with E-state index in [1.54, 1.807) is 25.2 Å². The lowest BCUT2D eigenvalue weighted by molar-refractivity contribution is -0.133. The zero-order valence-corrected chi connectivity index (χ0v) is 19.3. The highest BCUT2D eigenvalue weighted by Crippen LogP contribution is 2.19. The zero-order chi connectivity index (χ0) is 23.9. The standard InChI is InChI=1S/C25H29N5O4/c1-29(17-23(31)26-18-9-11-19(12-10-18)30-13-15-34-16-14-30)24(32)8-4-7-22-27-21-6-3-2-5-20(21)25(33)28-22/h2-3,5-6,9-12H,4,7-8,13-17H2,1H3,(H,26,31)(H,27,28,33). The molecule has 2 amide bonds. The smallest absolute Gasteiger partial charge is 0.258 e. The van der Waals surface area contributed by atoms with Gasteiger partial charge in [-0.15, -0.1) is 0 Å². The number of ether oxygens (including phenoxy) is 1. The van der Waals surface area contributed by atoms with Gasteiger partial charge in [-0.25, -0.2) is 4.98 Å². The number of carbonyl (C=O) groups is 2. The number of anilines is 2. The molecule has 0 spiro atoms. The number of nitrogens with one attached hydrogen (secondary N) is 2. The number of fused-ring (bicyclic) bond motifs is 1. The minimum absolute atomic E-state index is 0.0326. The number of morpholine rings is 1. The maximum absolute atomic E-state index is 12.5. The number of nitrogens with zero attached hydrogens (tertiary/aromatic N) is 3. The first-order chi connectivity index (χ1) is 16.5. The quantitative estimate of drug-likeness (QED) is 0.530. The number of para-hydroxylation sites is 1. The molecule has 0 aliphatic carbocycles. The van der Waals surface area contributed by atoms with Crippen molar-refractivity contribution in [2.75, 3.05) is 50.1 Å². The Kier molecular flexibility index (Phi) is 7.54. The molecule has 3 aromatic rings. The Morgan fingerprint density at radius 2 is 1.85 bits per heavy atom. The van der Waals surface area contributed by atoms with Crippen LogP contribution in [0.5, 0.6) is 0 Å². The molecule has 178 valence electrons. The summed E-state index contributed by atoms with van der Waals surface area (Å²) in [6.45, 7) is 3.11. The molecule has 0 radical (unpaired) electrons. The summed E-state index contributed by atoms with van der Waals surface area (Å²) in [5.41, 5.74) is 2.24. The third-order valence-corrected chi connectivity index (χ3v) is 5.80. The van der Waals surface area contributed by atoms with E-state index in [9.17, 15) is 14.4 Å². The third kappa shape index (κ3) is 5.99. The Morgan fingerprint density at radius 1 is 1.12 bits per heavy atom. The van der Waals surface area contributed by atoms with Crippen LogP contribution in [-0.4, -0.2) is 66.6 Å². The van der Waals surface area contributed by atoms with Crippen molar-refractivity contribution in [1.29, 1.82) is 0 Å². The van der Waals surface area contributed by atoms with Crippen LogP contribution in [0.15, 0.2) is 53.3 Å². The zero-order valence-electron chi connectivity index (χ0n) is 19.3. The number of aryl methyl sites for hydroxylation is 1. The van der Waals surface area contributed by atoms with E-state index in [4.69, 9.17) is 4.74 Å². The van der Waals surface area contributed by atoms with E-state index in [1.165, 1.54) is 4.90 Å². The number of aromatic nitrogens is 2. The van der Waals surface area contributed by atoms with Crippen LogP contribution in [-0.2, 0) is 20.7 Å². The molecule has 1 fully saturated rings. The van der Waals surface area contributed by atoms with Crippen molar-refractivity contribution in [3.05, 3.63) is 64.7 Å². The summed E-state index contributed by atoms with van der Waals surface area (Å²) in [6.07, 6.45) is 1.25. The highest BCUT2D eigenvalue weighted by Gasteiger charge is 2.15. The van der Waals surface area contributed by atoms with Crippen molar-refractivity contribution in [2.24, 2.45) is 0 Å². The van der Waals surface area contributed by atoms with Crippen LogP contribution < -0.4 is 15.8 Å². The average molecular weight is 464 g/mol. The summed E-state index contributed by atoms with van der Waals surface area (Å²) in [4.78, 5) is 47.9. The van der Waals surface area contributed by atoms with Gasteiger partial charge in [-0.3, -0.25) is 14.4 Å². The molecule has 1 aliphatic heterocycles. The molecule has 1 aromatic heterocycles. The predicted molar refractivity (Wildman–Crippen MR) is 131 cm³/mol. The van der Waals surface area contributed by atoms with Crippen molar-refractivity contribution in [1.82, 2.24) is 14.9 Å². The molecule has 0 atom stereocenters. The van der Waals surface area contributed by atoms with Gasteiger partial charge in [0.25, 0.3) is 5.56 Å². The van der Waals surface area contributed by atoms with Crippen molar-refractivity contribution in [3.63, 3.8) is 0 Å². The van der Waals surface area contributed by atoms with Crippen molar-refractivity contribution in [3.8, 4) is 0 Å². The van der Waals surface area contributed by atoms with Crippen LogP contribution in [0.3, 0.4) is 0 Å². The number of H-pyrrole nitrogens is 1. The van der Waals surface area contributed by atoms with E-state index in [-0.39, 0.29) is 30.3 Å². The largest absolute Gasteiger partial charge is 0.378 e. The van der Waals surface area contributed by atoms with Gasteiger partial charge in [0.1, 0.15) is 5.82 Å². The molecule has 0 bridgehead atoms. The lowest BCUT2D eigenvalue weighted by Gasteiger charge is -2.28. The molecule has 1 aliphatic rings. The topological polar surface area (TPSA) is 108 Å². The molecular formula is C25H29N5O4. The Balaban J connectivity index is 1.22. The first-order valence-electron chi connectivity index (χ1n) is 11.4. The monoisotopic (exact) mass is 463 g/mol. The van der Waals surface area contributed by atoms with Crippen LogP contribution in [0, 0.1) is 0 Å². The van der Waals surface area contributed by atoms with E-state index in [0.717, 1.165) is 32.0 Å². The number of aromatic amines is 1. The van der Waals surface area contributed by atoms with Gasteiger partial charge in [0, 0.05) is 44.4 Å². The second-order valence-electron chi connectivity index (χ2n) is 8.33. The van der Waals surface area contributed by atoms with Crippen LogP contribution in [0.4, 0.5) is 11.4 Å². The van der Waals surface area contributed by atoms with E-state index >= 15 is 0 Å². The summed E-state index contributed by atoms with van der Waals surface area (Å²) in [5.74, 6) is 0.161. The summed E-state index contributed by atoms with van der Waals surface area (Å²) < 4.78 is 5.37. The molecule has 9 nitrogen and oxygen atoms in total. The van der Waals surface area contributed by atoms with E-state index in [2.05, 4.69) is 20.2 Å². The molecule has 2 N–H and O–H groups in total. The average Bonchev–Trinajstić information content (AvgIpc) is 2.85. The van der Waals surface area contributed by atoms with Crippen molar-refractivity contribution in [2.45, 2.75) is 19.3 Å². The molecule has 2 heterocycles. The van der Waals surface area contributed by atoms with Crippen LogP contribution >= 0.6 is 0 Å². The number of likely N-dealkylation sites (N-methyl/N-ethyl adjacent to an activating group) is 1. The van der Waals surface area contributed by atoms with Gasteiger partial charge in [-0.05, 0) is 42.8 Å². The van der Waals surface area contributed by atoms with Gasteiger partial charge in [-0.1, -0.05) is 12.1 Å². The van der Waals surface area contributed by atoms with Crippen molar-refractivity contribution >= 4 is 34.1 Å². The fraction of sp³-hybridized carbons (Fsp3) is 0.360. The normalized spacial score (nSPS) is 13.6. The van der Waals surface area contributed by atoms with Gasteiger partial charge < -0.3 is 24.8 Å². The SMILES string of the molecule is CN(CC(=O)Nc1ccc(N2CCOCC2)cc1)C(=O)CCCc1nc2ccccc2c(=O)[nH]1. The minimum Gasteiger partial charge on any atom is -0.378 e. The number of rotatable bonds is 8. The summed E-state index contributed by atoms with van der Waals surface area (Å²) in [5, 5.41) is 3.38. The Morgan fingerprint density at radius 3 is 2.62 bits per heavy atom. The molecule has 34 heavy (non-hydrogen) atoms. The first kappa shape index (κ1) is 23.4. The summed E-state index contributed by atoms with van der Waals surface area (Å²) in [7, 11) is 1.61. The maximum Gasteiger partial charge on any atom is 0.258 e. The molecule has 0 unspecified atom stereocenters. The predicted octanol–water partition coefficient (Wildman–Crippen LogP) is 2.18. The molecule has 1 saturated heterocycles. The van der Waals surface area contributed by atoms with Gasteiger partial charge in [0.05, 0.1) is 30.7 Å². The summed E-state index contributed by atoms with van der Waals surface area (Å²) in [6, 6.07) is 14.8. The van der Waals surface area contributed by atoms with E-state index in [0.29, 0.717) is 35.3 Å². The minimum atomic E-state index is -0.254. The second kappa shape index (κ2) is 10.9. The number of benzene rings is 2. The van der Waals surface area contributed by atoms with Crippen LogP contribution in [0.25, 0.3) is 10.9 Å². The van der Waals surface area contributed by atoms with Gasteiger partial charge in [0.2, 0.25) is 11.8 Å². The lowest BCUT2D eigenvalue weighted by atomic mass is 10.2. The lowest BCUT2D eigenvalue weighted by Crippen LogP contribution is -2.36. The molecular weight excluding hydrogens is 434 g/mol. The number of hydrogen-bond acceptors (Lipinski definition) is 6. The second-order valence-corrected chi connectivity index (χ2v) is 8.33. The number of carbonyl (C=O) groups excluding carboxylic acids is 2. The fourth-order valence-electron chi connectivity index (χ4n) is 3.93. The van der Waals surface area contributed by atoms with Crippen LogP contribution in [0.2, 0.25) is 0 Å². The Labute approximate surface area is 197 Å². The van der Waals surface area contributed by atoms with Crippen LogP contribution in [0.1, 0.15) is 18.7 Å². The third-order valence-electron chi connectivity index (χ3n) is 5.80. The highest BCUT2D eigenvalue weighted by molar-refractivity contribution is 5.94. The van der Waals surface area contributed by atoms with E-state index in [1.807, 2.05) is 30.3 Å². The molecule has 4 rings (SSSR count). The number of amides is 2. The molecule has 2 aromatic carbocycles. The van der Waals surface area contributed by atoms with Crippen molar-refractivity contribution < 1.29 is 14.3 Å². The summed E-state index contributed by atoms with van der Waals surface area (Å²) >= 11 is 0. The maximum atomic E-state index is 12.5. The van der Waals surface area contributed by atoms with Gasteiger partial charge >= 0.3 is 0 Å². The highest BCUT2D eigenvalue weighted by atomic mass is 16.5. The molecule has 9 heteroatoms. The fourth-order valence-corrected chi connectivity index (χ4v) is 3.93. The van der Waals surface area contributed by atoms with Gasteiger partial charge in [-0.2, -0.15) is 0 Å². The number of hydrogen-bond donors (Lipinski definition) is 2. The van der Waals surface area contributed by atoms with Gasteiger partial charge in [0.15, 0.2) is 0 Å². The Bertz CT molecular complexity index is 1200. The first-order valence-corrected chi connectivity index (χ1v) is 11.4. The van der Waals surface area contributed by atoms with E-state index < -0.39 is 0 Å².